The Morgan fingerprint density at radius 1 is 1.61 bits per heavy atom. The summed E-state index contributed by atoms with van der Waals surface area (Å²) < 4.78 is 0. The van der Waals surface area contributed by atoms with E-state index in [0.29, 0.717) is 6.54 Å². The highest BCUT2D eigenvalue weighted by molar-refractivity contribution is 6.34. The van der Waals surface area contributed by atoms with Gasteiger partial charge in [-0.2, -0.15) is 0 Å². The van der Waals surface area contributed by atoms with Crippen LogP contribution in [-0.4, -0.2) is 22.5 Å². The van der Waals surface area contributed by atoms with Crippen LogP contribution in [0.3, 0.4) is 0 Å². The van der Waals surface area contributed by atoms with E-state index in [-0.39, 0.29) is 22.0 Å². The van der Waals surface area contributed by atoms with Gasteiger partial charge in [0, 0.05) is 18.7 Å². The average molecular weight is 271 g/mol. The Bertz CT molecular complexity index is 528. The number of nitrogens with one attached hydrogen (secondary N) is 1. The van der Waals surface area contributed by atoms with Crippen LogP contribution in [0.15, 0.2) is 24.3 Å². The van der Waals surface area contributed by atoms with Gasteiger partial charge in [0.1, 0.15) is 0 Å². The van der Waals surface area contributed by atoms with Crippen molar-refractivity contribution in [2.24, 2.45) is 0 Å². The van der Waals surface area contributed by atoms with Gasteiger partial charge in [0.25, 0.3) is 5.69 Å². The van der Waals surface area contributed by atoms with E-state index in [2.05, 4.69) is 11.9 Å². The Balaban J connectivity index is 3.27. The van der Waals surface area contributed by atoms with Crippen LogP contribution in [0.25, 0.3) is 0 Å². The molecule has 96 valence electrons. The van der Waals surface area contributed by atoms with Crippen molar-refractivity contribution in [1.82, 2.24) is 0 Å². The maximum absolute atomic E-state index is 11.0. The molecular weight excluding hydrogens is 260 g/mol. The molecule has 18 heavy (non-hydrogen) atoms. The first kappa shape index (κ1) is 14.0. The van der Waals surface area contributed by atoms with Gasteiger partial charge in [-0.15, -0.1) is 0 Å². The number of nitro benzene ring substituents is 1. The Kier molecular flexibility index (Phi) is 4.28. The van der Waals surface area contributed by atoms with Crippen molar-refractivity contribution in [3.63, 3.8) is 0 Å². The molecular formula is C11H11ClN2O4. The third-order valence-corrected chi connectivity index (χ3v) is 2.38. The second-order valence-electron chi connectivity index (χ2n) is 3.72. The highest BCUT2D eigenvalue weighted by Gasteiger charge is 2.19. The summed E-state index contributed by atoms with van der Waals surface area (Å²) in [4.78, 5) is 21.0. The molecule has 1 aromatic rings. The molecule has 0 amide bonds. The van der Waals surface area contributed by atoms with E-state index in [0.717, 1.165) is 17.7 Å². The topological polar surface area (TPSA) is 92.5 Å². The summed E-state index contributed by atoms with van der Waals surface area (Å²) in [7, 11) is 0. The number of carboxylic acid groups (broad SMARTS) is 1. The molecule has 6 nitrogen and oxygen atoms in total. The van der Waals surface area contributed by atoms with Crippen molar-refractivity contribution in [3.8, 4) is 0 Å². The van der Waals surface area contributed by atoms with Crippen LogP contribution in [0.1, 0.15) is 17.3 Å². The van der Waals surface area contributed by atoms with E-state index in [9.17, 15) is 14.9 Å². The van der Waals surface area contributed by atoms with E-state index in [4.69, 9.17) is 16.7 Å². The minimum absolute atomic E-state index is 0.0112. The number of halogens is 1. The molecule has 0 saturated carbocycles. The molecule has 0 radical (unpaired) electrons. The number of nitro groups is 1. The third kappa shape index (κ3) is 3.21. The number of hydrogen-bond acceptors (Lipinski definition) is 4. The first-order valence-corrected chi connectivity index (χ1v) is 5.30. The van der Waals surface area contributed by atoms with Crippen LogP contribution in [0.2, 0.25) is 5.02 Å². The molecule has 0 bridgehead atoms. The molecule has 0 heterocycles. The van der Waals surface area contributed by atoms with E-state index in [1.54, 1.807) is 6.92 Å². The number of non-ortho nitro benzene ring substituents is 1. The highest BCUT2D eigenvalue weighted by atomic mass is 35.5. The molecule has 0 aromatic heterocycles. The number of benzene rings is 1. The minimum atomic E-state index is -1.29. The molecule has 0 aliphatic carbocycles. The molecule has 2 N–H and O–H groups in total. The predicted octanol–water partition coefficient (Wildman–Crippen LogP) is 2.93. The Morgan fingerprint density at radius 2 is 2.22 bits per heavy atom. The van der Waals surface area contributed by atoms with Crippen LogP contribution >= 0.6 is 11.6 Å². The Hall–Kier alpha value is -2.08. The van der Waals surface area contributed by atoms with Gasteiger partial charge in [0.05, 0.1) is 21.2 Å². The summed E-state index contributed by atoms with van der Waals surface area (Å²) >= 11 is 5.85. The molecule has 0 unspecified atom stereocenters. The summed E-state index contributed by atoms with van der Waals surface area (Å²) in [6.07, 6.45) is 0. The third-order valence-electron chi connectivity index (χ3n) is 2.08. The lowest BCUT2D eigenvalue weighted by Gasteiger charge is -2.11. The normalized spacial score (nSPS) is 9.89. The first-order valence-electron chi connectivity index (χ1n) is 4.92. The number of nitrogens with zero attached hydrogens (tertiary/aromatic N) is 1. The standard InChI is InChI=1S/C11H11ClN2O4/c1-6(2)5-13-10-8(11(15)16)3-7(14(17)18)4-9(10)12/h3-4,13H,1,5H2,2H3,(H,15,16). The van der Waals surface area contributed by atoms with Crippen molar-refractivity contribution < 1.29 is 14.8 Å². The van der Waals surface area contributed by atoms with Crippen molar-refractivity contribution >= 4 is 28.9 Å². The van der Waals surface area contributed by atoms with Gasteiger partial charge in [-0.05, 0) is 6.92 Å². The summed E-state index contributed by atoms with van der Waals surface area (Å²) in [5.74, 6) is -1.29. The molecule has 7 heteroatoms. The molecule has 0 spiro atoms. The largest absolute Gasteiger partial charge is 0.478 e. The predicted molar refractivity (Wildman–Crippen MR) is 68.4 cm³/mol. The second-order valence-corrected chi connectivity index (χ2v) is 4.13. The number of rotatable bonds is 5. The van der Waals surface area contributed by atoms with Crippen LogP contribution in [0, 0.1) is 10.1 Å². The SMILES string of the molecule is C=C(C)CNc1c(Cl)cc([N+](=O)[O-])cc1C(=O)O. The second kappa shape index (κ2) is 5.50. The van der Waals surface area contributed by atoms with Crippen LogP contribution in [0.5, 0.6) is 0 Å². The quantitative estimate of drug-likeness (QED) is 0.487. The Morgan fingerprint density at radius 3 is 2.67 bits per heavy atom. The zero-order valence-electron chi connectivity index (χ0n) is 9.57. The smallest absolute Gasteiger partial charge is 0.338 e. The fourth-order valence-corrected chi connectivity index (χ4v) is 1.57. The van der Waals surface area contributed by atoms with Crippen LogP contribution < -0.4 is 5.32 Å². The van der Waals surface area contributed by atoms with Gasteiger partial charge < -0.3 is 10.4 Å². The molecule has 1 aromatic carbocycles. The lowest BCUT2D eigenvalue weighted by Crippen LogP contribution is -2.09. The zero-order valence-corrected chi connectivity index (χ0v) is 10.3. The van der Waals surface area contributed by atoms with Crippen molar-refractivity contribution in [2.75, 3.05) is 11.9 Å². The highest BCUT2D eigenvalue weighted by Crippen LogP contribution is 2.31. The van der Waals surface area contributed by atoms with Gasteiger partial charge in [0.15, 0.2) is 0 Å². The fraction of sp³-hybridized carbons (Fsp3) is 0.182. The summed E-state index contributed by atoms with van der Waals surface area (Å²) in [6, 6.07) is 2.07. The van der Waals surface area contributed by atoms with Gasteiger partial charge in [-0.1, -0.05) is 23.8 Å². The Labute approximate surface area is 108 Å². The molecule has 0 saturated heterocycles. The minimum Gasteiger partial charge on any atom is -0.478 e. The van der Waals surface area contributed by atoms with Gasteiger partial charge in [0.2, 0.25) is 0 Å². The zero-order chi connectivity index (χ0) is 13.9. The molecule has 0 atom stereocenters. The number of hydrogen-bond donors (Lipinski definition) is 2. The maximum atomic E-state index is 11.0. The average Bonchev–Trinajstić information content (AvgIpc) is 2.25. The van der Waals surface area contributed by atoms with Crippen molar-refractivity contribution in [3.05, 3.63) is 45.0 Å². The number of aromatic carboxylic acids is 1. The fourth-order valence-electron chi connectivity index (χ4n) is 1.29. The molecule has 0 aliphatic rings. The first-order chi connectivity index (χ1) is 8.32. The maximum Gasteiger partial charge on any atom is 0.338 e. The van der Waals surface area contributed by atoms with Crippen molar-refractivity contribution in [1.29, 1.82) is 0 Å². The van der Waals surface area contributed by atoms with Crippen LogP contribution in [0.4, 0.5) is 11.4 Å². The van der Waals surface area contributed by atoms with Gasteiger partial charge >= 0.3 is 5.97 Å². The number of anilines is 1. The van der Waals surface area contributed by atoms with Gasteiger partial charge in [-0.3, -0.25) is 10.1 Å². The summed E-state index contributed by atoms with van der Waals surface area (Å²) in [6.45, 7) is 5.75. The summed E-state index contributed by atoms with van der Waals surface area (Å²) in [5, 5.41) is 22.4. The number of carboxylic acids is 1. The number of carbonyl (C=O) groups is 1. The van der Waals surface area contributed by atoms with E-state index in [1.165, 1.54) is 0 Å². The van der Waals surface area contributed by atoms with E-state index < -0.39 is 10.9 Å². The molecule has 0 fully saturated rings. The molecule has 0 aliphatic heterocycles. The summed E-state index contributed by atoms with van der Waals surface area (Å²) in [5.41, 5.74) is 0.326. The molecule has 1 rings (SSSR count). The van der Waals surface area contributed by atoms with Gasteiger partial charge in [-0.25, -0.2) is 4.79 Å². The van der Waals surface area contributed by atoms with E-state index in [1.807, 2.05) is 0 Å². The van der Waals surface area contributed by atoms with Crippen LogP contribution in [-0.2, 0) is 0 Å². The van der Waals surface area contributed by atoms with E-state index >= 15 is 0 Å². The lowest BCUT2D eigenvalue weighted by atomic mass is 10.1. The lowest BCUT2D eigenvalue weighted by molar-refractivity contribution is -0.384. The van der Waals surface area contributed by atoms with Crippen molar-refractivity contribution in [2.45, 2.75) is 6.92 Å². The monoisotopic (exact) mass is 270 g/mol.